The number of halogens is 9. The monoisotopic (exact) mass is 534 g/mol. The largest absolute Gasteiger partial charge is 0.417 e. The van der Waals surface area contributed by atoms with Crippen LogP contribution in [0.4, 0.5) is 73.9 Å². The summed E-state index contributed by atoms with van der Waals surface area (Å²) in [7, 11) is 1.47. The molecule has 0 aliphatic carbocycles. The third kappa shape index (κ3) is 4.42. The highest BCUT2D eigenvalue weighted by Crippen LogP contribution is 2.46. The molecule has 2 aromatic heterocycles. The minimum atomic E-state index is -4.80. The molecule has 0 spiro atoms. The van der Waals surface area contributed by atoms with Crippen LogP contribution in [-0.2, 0) is 18.5 Å². The molecule has 2 aliphatic rings. The number of aromatic nitrogens is 2. The molecule has 1 N–H and O–H groups in total. The van der Waals surface area contributed by atoms with E-state index in [1.807, 2.05) is 0 Å². The van der Waals surface area contributed by atoms with E-state index in [4.69, 9.17) is 0 Å². The summed E-state index contributed by atoms with van der Waals surface area (Å²) in [4.78, 5) is 11.7. The third-order valence-electron chi connectivity index (χ3n) is 5.93. The molecule has 196 valence electrons. The van der Waals surface area contributed by atoms with E-state index < -0.39 is 35.2 Å². The van der Waals surface area contributed by atoms with Crippen LogP contribution < -0.4 is 20.0 Å². The molecular weight excluding hydrogens is 519 g/mol. The SMILES string of the molecule is CN1CN(c2cc(N3CNc4cc(C(F)(F)F)cnc43)cc(C(F)(F)F)c2)c2ncc(C(F)(F)F)cc21. The minimum absolute atomic E-state index is 0.00911. The highest BCUT2D eigenvalue weighted by atomic mass is 19.4. The summed E-state index contributed by atoms with van der Waals surface area (Å²) in [5.41, 5.74) is -3.09. The number of hydrogen-bond acceptors (Lipinski definition) is 6. The summed E-state index contributed by atoms with van der Waals surface area (Å²) >= 11 is 0. The highest BCUT2D eigenvalue weighted by Gasteiger charge is 2.38. The minimum Gasteiger partial charge on any atom is -0.364 e. The van der Waals surface area contributed by atoms with E-state index in [0.29, 0.717) is 12.4 Å². The van der Waals surface area contributed by atoms with Crippen molar-refractivity contribution in [2.45, 2.75) is 18.5 Å². The van der Waals surface area contributed by atoms with Gasteiger partial charge in [0.1, 0.15) is 0 Å². The van der Waals surface area contributed by atoms with E-state index in [0.717, 1.165) is 24.3 Å². The predicted molar refractivity (Wildman–Crippen MR) is 116 cm³/mol. The quantitative estimate of drug-likeness (QED) is 0.374. The van der Waals surface area contributed by atoms with Crippen LogP contribution in [0.15, 0.2) is 42.7 Å². The molecule has 0 radical (unpaired) electrons. The Morgan fingerprint density at radius 2 is 1.22 bits per heavy atom. The zero-order valence-corrected chi connectivity index (χ0v) is 18.6. The van der Waals surface area contributed by atoms with E-state index in [-0.39, 0.29) is 47.7 Å². The second-order valence-electron chi connectivity index (χ2n) is 8.42. The summed E-state index contributed by atoms with van der Waals surface area (Å²) < 4.78 is 120. The van der Waals surface area contributed by atoms with Gasteiger partial charge in [-0.3, -0.25) is 0 Å². The van der Waals surface area contributed by atoms with E-state index in [9.17, 15) is 39.5 Å². The zero-order valence-electron chi connectivity index (χ0n) is 18.6. The molecule has 5 rings (SSSR count). The lowest BCUT2D eigenvalue weighted by atomic mass is 10.1. The topological polar surface area (TPSA) is 47.5 Å². The molecule has 0 unspecified atom stereocenters. The first-order valence-corrected chi connectivity index (χ1v) is 10.5. The molecule has 3 aromatic rings. The molecule has 0 atom stereocenters. The van der Waals surface area contributed by atoms with E-state index in [2.05, 4.69) is 15.3 Å². The summed E-state index contributed by atoms with van der Waals surface area (Å²) in [6, 6.07) is 4.66. The Hall–Kier alpha value is -3.91. The van der Waals surface area contributed by atoms with Crippen molar-refractivity contribution < 1.29 is 39.5 Å². The van der Waals surface area contributed by atoms with Crippen LogP contribution in [0.1, 0.15) is 16.7 Å². The van der Waals surface area contributed by atoms with Crippen LogP contribution in [0.25, 0.3) is 0 Å². The molecule has 2 aliphatic heterocycles. The Balaban J connectivity index is 1.58. The molecule has 4 heterocycles. The van der Waals surface area contributed by atoms with E-state index >= 15 is 0 Å². The maximum Gasteiger partial charge on any atom is 0.417 e. The van der Waals surface area contributed by atoms with Crippen molar-refractivity contribution in [3.05, 3.63) is 59.4 Å². The fourth-order valence-corrected chi connectivity index (χ4v) is 4.13. The lowest BCUT2D eigenvalue weighted by Crippen LogP contribution is -2.25. The van der Waals surface area contributed by atoms with Crippen molar-refractivity contribution in [1.29, 1.82) is 0 Å². The predicted octanol–water partition coefficient (Wildman–Crippen LogP) is 6.60. The number of pyridine rings is 2. The Morgan fingerprint density at radius 3 is 1.81 bits per heavy atom. The fourth-order valence-electron chi connectivity index (χ4n) is 4.13. The molecule has 0 saturated heterocycles. The van der Waals surface area contributed by atoms with Gasteiger partial charge in [-0.15, -0.1) is 0 Å². The molecule has 15 heteroatoms. The summed E-state index contributed by atoms with van der Waals surface area (Å²) in [5.74, 6) is 0.0128. The standard InChI is InChI=1S/C22H15F9N6/c1-35-10-37(19-17(35)5-13(8-33-19)22(29,30)31)15-3-11(20(23,24)25)2-14(6-15)36-9-34-16-4-12(21(26,27)28)7-32-18(16)36/h2-8,34H,9-10H2,1H3. The van der Waals surface area contributed by atoms with Gasteiger partial charge in [0.2, 0.25) is 0 Å². The molecule has 6 nitrogen and oxygen atoms in total. The molecule has 0 bridgehead atoms. The number of benzene rings is 1. The fraction of sp³-hybridized carbons (Fsp3) is 0.273. The smallest absolute Gasteiger partial charge is 0.364 e. The third-order valence-corrected chi connectivity index (χ3v) is 5.93. The van der Waals surface area contributed by atoms with Crippen molar-refractivity contribution in [2.75, 3.05) is 40.4 Å². The molecular formula is C22H15F9N6. The van der Waals surface area contributed by atoms with E-state index in [1.54, 1.807) is 0 Å². The van der Waals surface area contributed by atoms with Gasteiger partial charge < -0.3 is 20.0 Å². The van der Waals surface area contributed by atoms with Gasteiger partial charge in [0.15, 0.2) is 11.6 Å². The zero-order chi connectivity index (χ0) is 26.9. The van der Waals surface area contributed by atoms with Gasteiger partial charge >= 0.3 is 18.5 Å². The maximum absolute atomic E-state index is 13.8. The Bertz CT molecular complexity index is 1370. The number of rotatable bonds is 2. The van der Waals surface area contributed by atoms with Crippen LogP contribution in [-0.4, -0.2) is 30.4 Å². The first kappa shape index (κ1) is 24.8. The summed E-state index contributed by atoms with van der Waals surface area (Å²) in [6.07, 6.45) is -12.9. The second kappa shape index (κ2) is 8.05. The van der Waals surface area contributed by atoms with Crippen LogP contribution in [0.3, 0.4) is 0 Å². The van der Waals surface area contributed by atoms with Crippen molar-refractivity contribution in [3.63, 3.8) is 0 Å². The molecule has 0 fully saturated rings. The maximum atomic E-state index is 13.8. The number of nitrogens with zero attached hydrogens (tertiary/aromatic N) is 5. The second-order valence-corrected chi connectivity index (χ2v) is 8.42. The van der Waals surface area contributed by atoms with Gasteiger partial charge in [-0.1, -0.05) is 0 Å². The lowest BCUT2D eigenvalue weighted by molar-refractivity contribution is -0.138. The van der Waals surface area contributed by atoms with Gasteiger partial charge in [0.25, 0.3) is 0 Å². The lowest BCUT2D eigenvalue weighted by Gasteiger charge is -2.24. The molecule has 0 saturated carbocycles. The summed E-state index contributed by atoms with van der Waals surface area (Å²) in [5, 5.41) is 2.69. The normalized spacial score (nSPS) is 15.7. The average molecular weight is 534 g/mol. The number of anilines is 6. The van der Waals surface area contributed by atoms with Crippen molar-refractivity contribution in [2.24, 2.45) is 0 Å². The number of fused-ring (bicyclic) bond motifs is 2. The Kier molecular flexibility index (Phi) is 5.39. The highest BCUT2D eigenvalue weighted by molar-refractivity contribution is 5.84. The summed E-state index contributed by atoms with van der Waals surface area (Å²) in [6.45, 7) is -0.250. The van der Waals surface area contributed by atoms with Crippen LogP contribution in [0.5, 0.6) is 0 Å². The van der Waals surface area contributed by atoms with Gasteiger partial charge in [0, 0.05) is 30.8 Å². The number of alkyl halides is 9. The van der Waals surface area contributed by atoms with Crippen molar-refractivity contribution in [1.82, 2.24) is 9.97 Å². The molecule has 1 aromatic carbocycles. The van der Waals surface area contributed by atoms with E-state index in [1.165, 1.54) is 27.8 Å². The van der Waals surface area contributed by atoms with Crippen LogP contribution in [0.2, 0.25) is 0 Å². The van der Waals surface area contributed by atoms with Crippen LogP contribution >= 0.6 is 0 Å². The van der Waals surface area contributed by atoms with Gasteiger partial charge in [-0.25, -0.2) is 9.97 Å². The van der Waals surface area contributed by atoms with Crippen LogP contribution in [0, 0.1) is 0 Å². The number of nitrogens with one attached hydrogen (secondary N) is 1. The molecule has 0 amide bonds. The van der Waals surface area contributed by atoms with Gasteiger partial charge in [-0.05, 0) is 30.3 Å². The van der Waals surface area contributed by atoms with Gasteiger partial charge in [0.05, 0.1) is 41.4 Å². The average Bonchev–Trinajstić information content (AvgIpc) is 3.37. The first-order valence-electron chi connectivity index (χ1n) is 10.5. The number of hydrogen-bond donors (Lipinski definition) is 1. The Labute approximate surface area is 202 Å². The Morgan fingerprint density at radius 1 is 0.676 bits per heavy atom. The van der Waals surface area contributed by atoms with Crippen molar-refractivity contribution in [3.8, 4) is 0 Å². The van der Waals surface area contributed by atoms with Crippen molar-refractivity contribution >= 4 is 34.4 Å². The first-order chi connectivity index (χ1) is 17.1. The molecule has 37 heavy (non-hydrogen) atoms. The van der Waals surface area contributed by atoms with Gasteiger partial charge in [-0.2, -0.15) is 39.5 Å².